The van der Waals surface area contributed by atoms with Gasteiger partial charge in [-0.05, 0) is 25.0 Å². The Bertz CT molecular complexity index is 676. The van der Waals surface area contributed by atoms with E-state index in [-0.39, 0.29) is 11.2 Å². The number of hydrogen-bond acceptors (Lipinski definition) is 6. The minimum atomic E-state index is -0.122. The van der Waals surface area contributed by atoms with Gasteiger partial charge in [0.1, 0.15) is 0 Å². The second kappa shape index (κ2) is 8.25. The lowest BCUT2D eigenvalue weighted by Gasteiger charge is -2.14. The molecule has 1 saturated heterocycles. The lowest BCUT2D eigenvalue weighted by Crippen LogP contribution is -2.30. The average Bonchev–Trinajstić information content (AvgIpc) is 2.90. The number of thioether (sulfide) groups is 1. The number of carbonyl (C=O) groups excluding carboxylic acids is 1. The first-order valence-corrected chi connectivity index (χ1v) is 8.94. The summed E-state index contributed by atoms with van der Waals surface area (Å²) >= 11 is 1.48. The van der Waals surface area contributed by atoms with Crippen LogP contribution in [0.25, 0.3) is 11.4 Å². The molecule has 8 heteroatoms. The first-order valence-electron chi connectivity index (χ1n) is 8.06. The number of aromatic nitrogens is 4. The Morgan fingerprint density at radius 2 is 2.17 bits per heavy atom. The average molecular weight is 347 g/mol. The standard InChI is InChI=1S/C16H21N5O2S/c1-23-11-10-21-14(12-5-8-17-9-6-12)19-20-16(21)24-13-4-2-3-7-18-15(13)22/h5-6,8-9,13H,2-4,7,10-11H2,1H3,(H,18,22)/t13-/m1/s1. The molecular formula is C16H21N5O2S. The number of nitrogens with one attached hydrogen (secondary N) is 1. The summed E-state index contributed by atoms with van der Waals surface area (Å²) in [6, 6.07) is 3.81. The molecule has 1 amide bonds. The zero-order chi connectivity index (χ0) is 16.8. The van der Waals surface area contributed by atoms with E-state index in [4.69, 9.17) is 4.74 Å². The van der Waals surface area contributed by atoms with Crippen molar-refractivity contribution in [2.24, 2.45) is 0 Å². The highest BCUT2D eigenvalue weighted by Gasteiger charge is 2.25. The third-order valence-electron chi connectivity index (χ3n) is 3.91. The van der Waals surface area contributed by atoms with E-state index in [0.717, 1.165) is 42.4 Å². The number of ether oxygens (including phenoxy) is 1. The van der Waals surface area contributed by atoms with Crippen molar-refractivity contribution in [1.29, 1.82) is 0 Å². The Hall–Kier alpha value is -1.93. The predicted molar refractivity (Wildman–Crippen MR) is 91.6 cm³/mol. The van der Waals surface area contributed by atoms with Gasteiger partial charge in [-0.15, -0.1) is 10.2 Å². The van der Waals surface area contributed by atoms with Crippen LogP contribution in [0, 0.1) is 0 Å². The van der Waals surface area contributed by atoms with Crippen molar-refractivity contribution < 1.29 is 9.53 Å². The molecule has 0 spiro atoms. The molecule has 1 aliphatic heterocycles. The molecule has 0 aromatic carbocycles. The molecule has 128 valence electrons. The first kappa shape index (κ1) is 16.9. The summed E-state index contributed by atoms with van der Waals surface area (Å²) in [6.07, 6.45) is 6.39. The third kappa shape index (κ3) is 3.93. The zero-order valence-corrected chi connectivity index (χ0v) is 14.5. The van der Waals surface area contributed by atoms with Gasteiger partial charge >= 0.3 is 0 Å². The van der Waals surface area contributed by atoms with E-state index in [0.29, 0.717) is 13.2 Å². The normalized spacial score (nSPS) is 18.2. The molecule has 2 aromatic heterocycles. The number of amides is 1. The lowest BCUT2D eigenvalue weighted by atomic mass is 10.2. The highest BCUT2D eigenvalue weighted by Crippen LogP contribution is 2.29. The van der Waals surface area contributed by atoms with E-state index < -0.39 is 0 Å². The van der Waals surface area contributed by atoms with Crippen molar-refractivity contribution in [2.75, 3.05) is 20.3 Å². The summed E-state index contributed by atoms with van der Waals surface area (Å²) in [5.41, 5.74) is 0.950. The summed E-state index contributed by atoms with van der Waals surface area (Å²) in [4.78, 5) is 16.2. The highest BCUT2D eigenvalue weighted by molar-refractivity contribution is 8.00. The Morgan fingerprint density at radius 3 is 2.96 bits per heavy atom. The maximum Gasteiger partial charge on any atom is 0.233 e. The van der Waals surface area contributed by atoms with Gasteiger partial charge in [-0.3, -0.25) is 14.3 Å². The minimum Gasteiger partial charge on any atom is -0.383 e. The number of pyridine rings is 1. The van der Waals surface area contributed by atoms with E-state index in [1.807, 2.05) is 16.7 Å². The first-order chi connectivity index (χ1) is 11.8. The number of methoxy groups -OCH3 is 1. The van der Waals surface area contributed by atoms with Gasteiger partial charge in [0, 0.05) is 31.6 Å². The fourth-order valence-electron chi connectivity index (χ4n) is 2.63. The monoisotopic (exact) mass is 347 g/mol. The highest BCUT2D eigenvalue weighted by atomic mass is 32.2. The van der Waals surface area contributed by atoms with Crippen molar-refractivity contribution in [3.05, 3.63) is 24.5 Å². The van der Waals surface area contributed by atoms with Gasteiger partial charge in [0.2, 0.25) is 5.91 Å². The molecule has 3 heterocycles. The molecule has 0 unspecified atom stereocenters. The van der Waals surface area contributed by atoms with E-state index in [9.17, 15) is 4.79 Å². The van der Waals surface area contributed by atoms with Crippen molar-refractivity contribution in [3.63, 3.8) is 0 Å². The number of carbonyl (C=O) groups is 1. The molecule has 1 aliphatic rings. The summed E-state index contributed by atoms with van der Waals surface area (Å²) in [7, 11) is 1.67. The van der Waals surface area contributed by atoms with Gasteiger partial charge in [0.25, 0.3) is 0 Å². The molecule has 7 nitrogen and oxygen atoms in total. The maximum atomic E-state index is 12.2. The quantitative estimate of drug-likeness (QED) is 0.857. The van der Waals surface area contributed by atoms with Crippen molar-refractivity contribution in [2.45, 2.75) is 36.2 Å². The molecule has 0 saturated carbocycles. The van der Waals surface area contributed by atoms with Crippen LogP contribution in [0.5, 0.6) is 0 Å². The lowest BCUT2D eigenvalue weighted by molar-refractivity contribution is -0.120. The molecule has 1 atom stereocenters. The Balaban J connectivity index is 1.86. The van der Waals surface area contributed by atoms with Crippen LogP contribution in [0.15, 0.2) is 29.7 Å². The van der Waals surface area contributed by atoms with Crippen LogP contribution in [0.2, 0.25) is 0 Å². The largest absolute Gasteiger partial charge is 0.383 e. The van der Waals surface area contributed by atoms with Crippen LogP contribution in [-0.4, -0.2) is 51.2 Å². The van der Waals surface area contributed by atoms with E-state index in [1.165, 1.54) is 11.8 Å². The van der Waals surface area contributed by atoms with Crippen molar-refractivity contribution >= 4 is 17.7 Å². The van der Waals surface area contributed by atoms with Gasteiger partial charge in [0.05, 0.1) is 18.4 Å². The van der Waals surface area contributed by atoms with Crippen molar-refractivity contribution in [3.8, 4) is 11.4 Å². The Labute approximate surface area is 145 Å². The summed E-state index contributed by atoms with van der Waals surface area (Å²) in [5, 5.41) is 12.2. The zero-order valence-electron chi connectivity index (χ0n) is 13.6. The van der Waals surface area contributed by atoms with Crippen molar-refractivity contribution in [1.82, 2.24) is 25.1 Å². The maximum absolute atomic E-state index is 12.2. The molecule has 3 rings (SSSR count). The molecule has 0 aliphatic carbocycles. The summed E-state index contributed by atoms with van der Waals surface area (Å²) < 4.78 is 7.23. The molecular weight excluding hydrogens is 326 g/mol. The van der Waals surface area contributed by atoms with Crippen LogP contribution in [0.1, 0.15) is 19.3 Å². The molecule has 0 radical (unpaired) electrons. The third-order valence-corrected chi connectivity index (χ3v) is 5.15. The minimum absolute atomic E-state index is 0.0873. The van der Waals surface area contributed by atoms with Crippen LogP contribution < -0.4 is 5.32 Å². The molecule has 1 N–H and O–H groups in total. The fraction of sp³-hybridized carbons (Fsp3) is 0.500. The number of rotatable bonds is 6. The van der Waals surface area contributed by atoms with Crippen LogP contribution in [0.3, 0.4) is 0 Å². The molecule has 24 heavy (non-hydrogen) atoms. The molecule has 0 bridgehead atoms. The summed E-state index contributed by atoms with van der Waals surface area (Å²) in [5.74, 6) is 0.857. The second-order valence-corrected chi connectivity index (χ2v) is 6.75. The van der Waals surface area contributed by atoms with Gasteiger partial charge < -0.3 is 10.1 Å². The SMILES string of the molecule is COCCn1c(S[C@@H]2CCCCNC2=O)nnc1-c1ccncc1. The van der Waals surface area contributed by atoms with E-state index >= 15 is 0 Å². The fourth-order valence-corrected chi connectivity index (χ4v) is 3.75. The van der Waals surface area contributed by atoms with Crippen LogP contribution >= 0.6 is 11.8 Å². The number of nitrogens with zero attached hydrogens (tertiary/aromatic N) is 4. The number of hydrogen-bond donors (Lipinski definition) is 1. The smallest absolute Gasteiger partial charge is 0.233 e. The van der Waals surface area contributed by atoms with E-state index in [1.54, 1.807) is 19.5 Å². The van der Waals surface area contributed by atoms with Crippen LogP contribution in [-0.2, 0) is 16.1 Å². The van der Waals surface area contributed by atoms with Gasteiger partial charge in [-0.25, -0.2) is 0 Å². The van der Waals surface area contributed by atoms with Gasteiger partial charge in [0.15, 0.2) is 11.0 Å². The van der Waals surface area contributed by atoms with Crippen LogP contribution in [0.4, 0.5) is 0 Å². The molecule has 1 fully saturated rings. The molecule has 2 aromatic rings. The second-order valence-electron chi connectivity index (χ2n) is 5.58. The topological polar surface area (TPSA) is 81.9 Å². The summed E-state index contributed by atoms with van der Waals surface area (Å²) in [6.45, 7) is 1.95. The van der Waals surface area contributed by atoms with Gasteiger partial charge in [-0.2, -0.15) is 0 Å². The Kier molecular flexibility index (Phi) is 5.81. The predicted octanol–water partition coefficient (Wildman–Crippen LogP) is 1.75. The van der Waals surface area contributed by atoms with Gasteiger partial charge in [-0.1, -0.05) is 18.2 Å². The Morgan fingerprint density at radius 1 is 1.33 bits per heavy atom. The van der Waals surface area contributed by atoms with E-state index in [2.05, 4.69) is 20.5 Å².